The molecule has 0 radical (unpaired) electrons. The molecule has 7 nitrogen and oxygen atoms in total. The Bertz CT molecular complexity index is 463. The smallest absolute Gasteiger partial charge is 0.327 e. The van der Waals surface area contributed by atoms with E-state index in [1.54, 1.807) is 6.20 Å². The maximum absolute atomic E-state index is 12.3. The standard InChI is InChI=1S/C11H16N4O3S/c1-7(2)10-15(8(6-19-10)11(17)18)9(16)5-14-4-3-12-13-14/h3-4,7-8,10H,5-6H2,1-2H3,(H,17,18). The van der Waals surface area contributed by atoms with Gasteiger partial charge in [0.15, 0.2) is 0 Å². The lowest BCUT2D eigenvalue weighted by molar-refractivity contribution is -0.149. The number of aromatic nitrogens is 3. The van der Waals surface area contributed by atoms with Gasteiger partial charge in [-0.15, -0.1) is 16.9 Å². The summed E-state index contributed by atoms with van der Waals surface area (Å²) < 4.78 is 1.40. The number of hydrogen-bond donors (Lipinski definition) is 1. The second-order valence-electron chi connectivity index (χ2n) is 4.72. The van der Waals surface area contributed by atoms with Crippen molar-refractivity contribution in [1.29, 1.82) is 0 Å². The average Bonchev–Trinajstić information content (AvgIpc) is 2.95. The van der Waals surface area contributed by atoms with Crippen LogP contribution in [0.5, 0.6) is 0 Å². The van der Waals surface area contributed by atoms with E-state index in [4.69, 9.17) is 0 Å². The lowest BCUT2D eigenvalue weighted by atomic mass is 10.1. The fourth-order valence-electron chi connectivity index (χ4n) is 2.08. The summed E-state index contributed by atoms with van der Waals surface area (Å²) >= 11 is 1.51. The van der Waals surface area contributed by atoms with E-state index in [1.165, 1.54) is 27.5 Å². The summed E-state index contributed by atoms with van der Waals surface area (Å²) in [6, 6.07) is -0.756. The molecule has 0 spiro atoms. The van der Waals surface area contributed by atoms with Crippen molar-refractivity contribution in [3.63, 3.8) is 0 Å². The zero-order chi connectivity index (χ0) is 14.0. The molecule has 1 fully saturated rings. The van der Waals surface area contributed by atoms with Gasteiger partial charge in [0.2, 0.25) is 5.91 Å². The van der Waals surface area contributed by atoms with Gasteiger partial charge in [-0.1, -0.05) is 19.1 Å². The van der Waals surface area contributed by atoms with Gasteiger partial charge in [-0.3, -0.25) is 4.79 Å². The first kappa shape index (κ1) is 13.9. The Kier molecular flexibility index (Phi) is 4.08. The van der Waals surface area contributed by atoms with Gasteiger partial charge >= 0.3 is 5.97 Å². The number of carboxylic acids is 1. The van der Waals surface area contributed by atoms with Gasteiger partial charge in [0, 0.05) is 11.9 Å². The zero-order valence-electron chi connectivity index (χ0n) is 10.8. The number of nitrogens with zero attached hydrogens (tertiary/aromatic N) is 4. The van der Waals surface area contributed by atoms with E-state index in [1.807, 2.05) is 13.8 Å². The summed E-state index contributed by atoms with van der Waals surface area (Å²) in [6.45, 7) is 3.99. The third kappa shape index (κ3) is 2.89. The number of thioether (sulfide) groups is 1. The number of carbonyl (C=O) groups is 2. The normalized spacial score (nSPS) is 23.0. The topological polar surface area (TPSA) is 88.3 Å². The molecule has 2 unspecified atom stereocenters. The number of carboxylic acid groups (broad SMARTS) is 1. The van der Waals surface area contributed by atoms with E-state index in [2.05, 4.69) is 10.3 Å². The second kappa shape index (κ2) is 5.60. The summed E-state index contributed by atoms with van der Waals surface area (Å²) in [6.07, 6.45) is 3.07. The van der Waals surface area contributed by atoms with E-state index in [0.717, 1.165) is 0 Å². The van der Waals surface area contributed by atoms with Crippen LogP contribution in [0.4, 0.5) is 0 Å². The second-order valence-corrected chi connectivity index (χ2v) is 5.87. The van der Waals surface area contributed by atoms with Crippen molar-refractivity contribution < 1.29 is 14.7 Å². The third-order valence-corrected chi connectivity index (χ3v) is 4.57. The van der Waals surface area contributed by atoms with Crippen LogP contribution in [-0.4, -0.2) is 54.0 Å². The predicted octanol–water partition coefficient (Wildman–Crippen LogP) is 0.289. The van der Waals surface area contributed by atoms with E-state index < -0.39 is 12.0 Å². The Hall–Kier alpha value is -1.57. The van der Waals surface area contributed by atoms with Crippen molar-refractivity contribution in [3.8, 4) is 0 Å². The molecule has 19 heavy (non-hydrogen) atoms. The monoisotopic (exact) mass is 284 g/mol. The molecule has 104 valence electrons. The molecule has 0 aliphatic carbocycles. The van der Waals surface area contributed by atoms with E-state index >= 15 is 0 Å². The minimum absolute atomic E-state index is 0.0214. The Balaban J connectivity index is 2.16. The molecule has 1 N–H and O–H groups in total. The molecular weight excluding hydrogens is 268 g/mol. The minimum Gasteiger partial charge on any atom is -0.480 e. The summed E-state index contributed by atoms with van der Waals surface area (Å²) in [5.41, 5.74) is 0. The highest BCUT2D eigenvalue weighted by molar-refractivity contribution is 8.00. The summed E-state index contributed by atoms with van der Waals surface area (Å²) in [4.78, 5) is 25.0. The SMILES string of the molecule is CC(C)C1SCC(C(=O)O)N1C(=O)Cn1ccnn1. The lowest BCUT2D eigenvalue weighted by Crippen LogP contribution is -2.48. The van der Waals surface area contributed by atoms with E-state index in [0.29, 0.717) is 5.75 Å². The highest BCUT2D eigenvalue weighted by Crippen LogP contribution is 2.34. The largest absolute Gasteiger partial charge is 0.480 e. The van der Waals surface area contributed by atoms with Crippen LogP contribution in [0.2, 0.25) is 0 Å². The lowest BCUT2D eigenvalue weighted by Gasteiger charge is -2.29. The maximum atomic E-state index is 12.3. The Morgan fingerprint density at radius 1 is 1.53 bits per heavy atom. The Morgan fingerprint density at radius 2 is 2.26 bits per heavy atom. The molecule has 2 heterocycles. The molecule has 1 aromatic rings. The van der Waals surface area contributed by atoms with Crippen LogP contribution in [0.3, 0.4) is 0 Å². The molecule has 8 heteroatoms. The van der Waals surface area contributed by atoms with Crippen molar-refractivity contribution in [2.75, 3.05) is 5.75 Å². The van der Waals surface area contributed by atoms with Crippen LogP contribution in [0, 0.1) is 5.92 Å². The third-order valence-electron chi connectivity index (χ3n) is 2.95. The fraction of sp³-hybridized carbons (Fsp3) is 0.636. The Labute approximate surface area is 115 Å². The number of rotatable bonds is 4. The van der Waals surface area contributed by atoms with Crippen molar-refractivity contribution in [1.82, 2.24) is 19.9 Å². The van der Waals surface area contributed by atoms with Crippen LogP contribution >= 0.6 is 11.8 Å². The van der Waals surface area contributed by atoms with Gasteiger partial charge in [-0.2, -0.15) is 0 Å². The molecule has 1 aliphatic rings. The number of amides is 1. The van der Waals surface area contributed by atoms with Crippen LogP contribution in [0.25, 0.3) is 0 Å². The maximum Gasteiger partial charge on any atom is 0.327 e. The molecule has 1 saturated heterocycles. The van der Waals surface area contributed by atoms with Gasteiger partial charge in [-0.05, 0) is 5.92 Å². The van der Waals surface area contributed by atoms with Gasteiger partial charge in [0.05, 0.1) is 11.6 Å². The van der Waals surface area contributed by atoms with Crippen molar-refractivity contribution in [2.45, 2.75) is 31.8 Å². The van der Waals surface area contributed by atoms with Crippen molar-refractivity contribution in [3.05, 3.63) is 12.4 Å². The van der Waals surface area contributed by atoms with E-state index in [-0.39, 0.29) is 23.7 Å². The van der Waals surface area contributed by atoms with Gasteiger partial charge < -0.3 is 10.0 Å². The molecule has 0 bridgehead atoms. The molecule has 2 rings (SSSR count). The van der Waals surface area contributed by atoms with Gasteiger partial charge in [-0.25, -0.2) is 9.48 Å². The molecule has 1 aliphatic heterocycles. The van der Waals surface area contributed by atoms with Crippen LogP contribution in [0.15, 0.2) is 12.4 Å². The highest BCUT2D eigenvalue weighted by Gasteiger charge is 2.42. The number of hydrogen-bond acceptors (Lipinski definition) is 5. The first-order chi connectivity index (χ1) is 9.00. The van der Waals surface area contributed by atoms with Crippen molar-refractivity contribution in [2.24, 2.45) is 5.92 Å². The zero-order valence-corrected chi connectivity index (χ0v) is 11.6. The van der Waals surface area contributed by atoms with Crippen LogP contribution < -0.4 is 0 Å². The first-order valence-electron chi connectivity index (χ1n) is 6.00. The summed E-state index contributed by atoms with van der Waals surface area (Å²) in [7, 11) is 0. The number of aliphatic carboxylic acids is 1. The molecular formula is C11H16N4O3S. The van der Waals surface area contributed by atoms with E-state index in [9.17, 15) is 14.7 Å². The first-order valence-corrected chi connectivity index (χ1v) is 7.05. The van der Waals surface area contributed by atoms with Gasteiger partial charge in [0.25, 0.3) is 0 Å². The molecule has 2 atom stereocenters. The van der Waals surface area contributed by atoms with Gasteiger partial charge in [0.1, 0.15) is 12.6 Å². The summed E-state index contributed by atoms with van der Waals surface area (Å²) in [5.74, 6) is -0.556. The number of carbonyl (C=O) groups excluding carboxylic acids is 1. The minimum atomic E-state index is -0.956. The van der Waals surface area contributed by atoms with Crippen LogP contribution in [0.1, 0.15) is 13.8 Å². The Morgan fingerprint density at radius 3 is 2.79 bits per heavy atom. The quantitative estimate of drug-likeness (QED) is 0.855. The molecule has 1 aromatic heterocycles. The molecule has 0 saturated carbocycles. The molecule has 0 aromatic carbocycles. The van der Waals surface area contributed by atoms with Crippen LogP contribution in [-0.2, 0) is 16.1 Å². The highest BCUT2D eigenvalue weighted by atomic mass is 32.2. The molecule has 1 amide bonds. The predicted molar refractivity (Wildman–Crippen MR) is 69.4 cm³/mol. The fourth-order valence-corrected chi connectivity index (χ4v) is 3.58. The average molecular weight is 284 g/mol. The van der Waals surface area contributed by atoms with Crippen molar-refractivity contribution >= 4 is 23.6 Å². The summed E-state index contributed by atoms with van der Waals surface area (Å²) in [5, 5.41) is 16.5.